The molecule has 2 N–H and O–H groups in total. The highest BCUT2D eigenvalue weighted by Gasteiger charge is 2.25. The lowest BCUT2D eigenvalue weighted by Gasteiger charge is -2.26. The number of anilines is 2. The van der Waals surface area contributed by atoms with Crippen LogP contribution in [0.4, 0.5) is 11.8 Å². The Balaban J connectivity index is 1.33. The second-order valence-corrected chi connectivity index (χ2v) is 7.06. The summed E-state index contributed by atoms with van der Waals surface area (Å²) >= 11 is 0. The van der Waals surface area contributed by atoms with Gasteiger partial charge < -0.3 is 20.3 Å². The summed E-state index contributed by atoms with van der Waals surface area (Å²) in [5, 5.41) is 0.916. The molecule has 0 saturated carbocycles. The van der Waals surface area contributed by atoms with Gasteiger partial charge in [-0.05, 0) is 44.5 Å². The molecule has 1 atom stereocenters. The highest BCUT2D eigenvalue weighted by atomic mass is 16.5. The Labute approximate surface area is 149 Å². The molecule has 0 unspecified atom stereocenters. The summed E-state index contributed by atoms with van der Waals surface area (Å²) < 4.78 is 6.11. The molecule has 0 bridgehead atoms. The summed E-state index contributed by atoms with van der Waals surface area (Å²) in [4.78, 5) is 13.9. The van der Waals surface area contributed by atoms with Gasteiger partial charge in [0.2, 0.25) is 5.95 Å². The van der Waals surface area contributed by atoms with Gasteiger partial charge in [-0.2, -0.15) is 4.98 Å². The van der Waals surface area contributed by atoms with Crippen molar-refractivity contribution in [2.45, 2.75) is 31.8 Å². The molecule has 0 radical (unpaired) electrons. The van der Waals surface area contributed by atoms with Crippen LogP contribution in [0.2, 0.25) is 0 Å². The fourth-order valence-electron chi connectivity index (χ4n) is 3.81. The number of rotatable bonds is 5. The van der Waals surface area contributed by atoms with Gasteiger partial charge in [0.25, 0.3) is 0 Å². The Morgan fingerprint density at radius 1 is 1.08 bits per heavy atom. The van der Waals surface area contributed by atoms with Crippen LogP contribution in [-0.2, 0) is 4.74 Å². The number of aromatic nitrogens is 2. The Bertz CT molecular complexity index is 716. The van der Waals surface area contributed by atoms with Crippen molar-refractivity contribution in [1.29, 1.82) is 0 Å². The van der Waals surface area contributed by atoms with E-state index in [1.165, 1.54) is 32.4 Å². The standard InChI is InChI=1S/C19H27N5O/c20-18-16-6-2-3-7-17(16)21-19(22-18)24-11-8-15(14-24)25-13-12-23-9-4-1-5-10-23/h2-3,6-7,15H,1,4-5,8-14H2,(H2,20,21,22)/t15-/m1/s1. The van der Waals surface area contributed by atoms with Crippen LogP contribution >= 0.6 is 0 Å². The highest BCUT2D eigenvalue weighted by Crippen LogP contribution is 2.24. The van der Waals surface area contributed by atoms with Crippen LogP contribution < -0.4 is 10.6 Å². The zero-order valence-corrected chi connectivity index (χ0v) is 14.7. The van der Waals surface area contributed by atoms with Crippen LogP contribution in [0.15, 0.2) is 24.3 Å². The quantitative estimate of drug-likeness (QED) is 0.900. The summed E-state index contributed by atoms with van der Waals surface area (Å²) in [6.45, 7) is 6.09. The van der Waals surface area contributed by atoms with Gasteiger partial charge in [0.15, 0.2) is 0 Å². The predicted molar refractivity (Wildman–Crippen MR) is 101 cm³/mol. The van der Waals surface area contributed by atoms with Gasteiger partial charge in [0.05, 0.1) is 18.2 Å². The molecular weight excluding hydrogens is 314 g/mol. The number of fused-ring (bicyclic) bond motifs is 1. The van der Waals surface area contributed by atoms with Gasteiger partial charge in [-0.25, -0.2) is 4.98 Å². The molecule has 134 valence electrons. The molecule has 2 saturated heterocycles. The summed E-state index contributed by atoms with van der Waals surface area (Å²) in [6.07, 6.45) is 5.33. The molecule has 2 fully saturated rings. The van der Waals surface area contributed by atoms with E-state index in [4.69, 9.17) is 10.5 Å². The van der Waals surface area contributed by atoms with Crippen LogP contribution in [0, 0.1) is 0 Å². The maximum Gasteiger partial charge on any atom is 0.227 e. The van der Waals surface area contributed by atoms with E-state index in [-0.39, 0.29) is 6.10 Å². The number of benzene rings is 1. The summed E-state index contributed by atoms with van der Waals surface area (Å²) in [5.74, 6) is 1.27. The minimum absolute atomic E-state index is 0.265. The largest absolute Gasteiger partial charge is 0.383 e. The van der Waals surface area contributed by atoms with Crippen LogP contribution in [0.25, 0.3) is 10.9 Å². The normalized spacial score (nSPS) is 21.9. The number of piperidine rings is 1. The van der Waals surface area contributed by atoms with Crippen LogP contribution in [0.5, 0.6) is 0 Å². The molecule has 0 spiro atoms. The van der Waals surface area contributed by atoms with Crippen LogP contribution in [0.1, 0.15) is 25.7 Å². The summed E-state index contributed by atoms with van der Waals surface area (Å²) in [5.41, 5.74) is 7.01. The summed E-state index contributed by atoms with van der Waals surface area (Å²) in [6, 6.07) is 7.89. The van der Waals surface area contributed by atoms with Crippen molar-refractivity contribution in [1.82, 2.24) is 14.9 Å². The fourth-order valence-corrected chi connectivity index (χ4v) is 3.81. The van der Waals surface area contributed by atoms with Gasteiger partial charge in [-0.3, -0.25) is 0 Å². The topological polar surface area (TPSA) is 67.5 Å². The molecule has 0 amide bonds. The molecule has 0 aliphatic carbocycles. The molecule has 2 aliphatic heterocycles. The number of hydrogen-bond acceptors (Lipinski definition) is 6. The van der Waals surface area contributed by atoms with Crippen LogP contribution in [0.3, 0.4) is 0 Å². The molecule has 4 rings (SSSR count). The third-order valence-electron chi connectivity index (χ3n) is 5.26. The van der Waals surface area contributed by atoms with E-state index in [2.05, 4.69) is 19.8 Å². The SMILES string of the molecule is Nc1nc(N2CC[C@@H](OCCN3CCCCC3)C2)nc2ccccc12. The average molecular weight is 341 g/mol. The van der Waals surface area contributed by atoms with Crippen molar-refractivity contribution in [3.63, 3.8) is 0 Å². The Hall–Kier alpha value is -1.92. The smallest absolute Gasteiger partial charge is 0.227 e. The minimum Gasteiger partial charge on any atom is -0.383 e. The number of likely N-dealkylation sites (tertiary alicyclic amines) is 1. The van der Waals surface area contributed by atoms with E-state index >= 15 is 0 Å². The fraction of sp³-hybridized carbons (Fsp3) is 0.579. The third kappa shape index (κ3) is 3.85. The van der Waals surface area contributed by atoms with Crippen molar-refractivity contribution >= 4 is 22.7 Å². The monoisotopic (exact) mass is 341 g/mol. The first kappa shape index (κ1) is 16.5. The van der Waals surface area contributed by atoms with E-state index in [0.717, 1.165) is 49.5 Å². The van der Waals surface area contributed by atoms with E-state index in [9.17, 15) is 0 Å². The maximum atomic E-state index is 6.11. The van der Waals surface area contributed by atoms with Crippen molar-refractivity contribution in [3.05, 3.63) is 24.3 Å². The molecule has 1 aromatic heterocycles. The van der Waals surface area contributed by atoms with E-state index < -0.39 is 0 Å². The Morgan fingerprint density at radius 2 is 1.92 bits per heavy atom. The van der Waals surface area contributed by atoms with E-state index in [0.29, 0.717) is 5.82 Å². The molecule has 25 heavy (non-hydrogen) atoms. The van der Waals surface area contributed by atoms with Gasteiger partial charge in [-0.1, -0.05) is 18.6 Å². The average Bonchev–Trinajstić information content (AvgIpc) is 3.12. The lowest BCUT2D eigenvalue weighted by atomic mass is 10.1. The number of ether oxygens (including phenoxy) is 1. The van der Waals surface area contributed by atoms with Crippen molar-refractivity contribution < 1.29 is 4.74 Å². The number of nitrogens with two attached hydrogens (primary N) is 1. The molecule has 6 heteroatoms. The molecule has 1 aromatic carbocycles. The molecule has 6 nitrogen and oxygen atoms in total. The number of nitrogens with zero attached hydrogens (tertiary/aromatic N) is 4. The first-order valence-electron chi connectivity index (χ1n) is 9.41. The summed E-state index contributed by atoms with van der Waals surface area (Å²) in [7, 11) is 0. The first-order valence-corrected chi connectivity index (χ1v) is 9.41. The zero-order valence-electron chi connectivity index (χ0n) is 14.7. The van der Waals surface area contributed by atoms with E-state index in [1.54, 1.807) is 0 Å². The molecular formula is C19H27N5O. The molecule has 2 aliphatic rings. The molecule has 3 heterocycles. The number of nitrogen functional groups attached to an aromatic ring is 1. The van der Waals surface area contributed by atoms with Crippen LogP contribution in [-0.4, -0.2) is 60.3 Å². The van der Waals surface area contributed by atoms with Gasteiger partial charge in [0.1, 0.15) is 5.82 Å². The van der Waals surface area contributed by atoms with Gasteiger partial charge in [0, 0.05) is 25.0 Å². The van der Waals surface area contributed by atoms with Crippen molar-refractivity contribution in [2.24, 2.45) is 0 Å². The highest BCUT2D eigenvalue weighted by molar-refractivity contribution is 5.88. The van der Waals surface area contributed by atoms with Gasteiger partial charge in [-0.15, -0.1) is 0 Å². The second-order valence-electron chi connectivity index (χ2n) is 7.06. The number of para-hydroxylation sites is 1. The lowest BCUT2D eigenvalue weighted by Crippen LogP contribution is -2.34. The van der Waals surface area contributed by atoms with Gasteiger partial charge >= 0.3 is 0 Å². The lowest BCUT2D eigenvalue weighted by molar-refractivity contribution is 0.0466. The first-order chi connectivity index (χ1) is 12.3. The predicted octanol–water partition coefficient (Wildman–Crippen LogP) is 2.29. The molecule has 2 aromatic rings. The maximum absolute atomic E-state index is 6.11. The Kier molecular flexibility index (Phi) is 4.99. The van der Waals surface area contributed by atoms with E-state index in [1.807, 2.05) is 24.3 Å². The second kappa shape index (κ2) is 7.54. The zero-order chi connectivity index (χ0) is 17.1. The van der Waals surface area contributed by atoms with Crippen molar-refractivity contribution in [3.8, 4) is 0 Å². The third-order valence-corrected chi connectivity index (χ3v) is 5.26. The number of hydrogen-bond donors (Lipinski definition) is 1. The Morgan fingerprint density at radius 3 is 2.80 bits per heavy atom. The minimum atomic E-state index is 0.265. The van der Waals surface area contributed by atoms with Crippen molar-refractivity contribution in [2.75, 3.05) is 50.0 Å².